The van der Waals surface area contributed by atoms with E-state index in [1.54, 1.807) is 6.07 Å². The lowest BCUT2D eigenvalue weighted by Gasteiger charge is -2.09. The number of thiazole rings is 1. The number of benzene rings is 1. The largest absolute Gasteiger partial charge is 0.369 e. The highest BCUT2D eigenvalue weighted by Crippen LogP contribution is 2.36. The van der Waals surface area contributed by atoms with Gasteiger partial charge in [0.2, 0.25) is 5.91 Å². The first-order chi connectivity index (χ1) is 11.4. The Morgan fingerprint density at radius 2 is 2.12 bits per heavy atom. The molecule has 1 amide bonds. The number of para-hydroxylation sites is 1. The number of aryl methyl sites for hydroxylation is 1. The predicted molar refractivity (Wildman–Crippen MR) is 96.4 cm³/mol. The first-order valence-electron chi connectivity index (χ1n) is 7.34. The van der Waals surface area contributed by atoms with Crippen LogP contribution in [-0.4, -0.2) is 20.9 Å². The Hall–Kier alpha value is -2.19. The first kappa shape index (κ1) is 16.7. The molecule has 0 radical (unpaired) electrons. The molecule has 0 unspecified atom stereocenters. The van der Waals surface area contributed by atoms with E-state index in [-0.39, 0.29) is 23.1 Å². The third-order valence-corrected chi connectivity index (χ3v) is 5.86. The molecule has 0 bridgehead atoms. The van der Waals surface area contributed by atoms with Crippen LogP contribution < -0.4 is 11.3 Å². The third-order valence-electron chi connectivity index (χ3n) is 3.50. The summed E-state index contributed by atoms with van der Waals surface area (Å²) in [7, 11) is 0. The fraction of sp³-hybridized carbons (Fsp3) is 0.250. The van der Waals surface area contributed by atoms with Crippen molar-refractivity contribution in [2.75, 3.05) is 0 Å². The number of fused-ring (bicyclic) bond motifs is 1. The van der Waals surface area contributed by atoms with Crippen molar-refractivity contribution in [2.24, 2.45) is 5.73 Å². The second-order valence-corrected chi connectivity index (χ2v) is 8.03. The number of rotatable bonds is 5. The highest BCUT2D eigenvalue weighted by Gasteiger charge is 2.16. The second kappa shape index (κ2) is 6.74. The zero-order valence-electron chi connectivity index (χ0n) is 13.2. The summed E-state index contributed by atoms with van der Waals surface area (Å²) in [5.74, 6) is 0.236. The van der Waals surface area contributed by atoms with Gasteiger partial charge in [-0.2, -0.15) is 0 Å². The number of primary amides is 1. The highest BCUT2D eigenvalue weighted by atomic mass is 32.2. The van der Waals surface area contributed by atoms with Gasteiger partial charge in [0, 0.05) is 4.88 Å². The number of nitrogens with zero attached hydrogens (tertiary/aromatic N) is 2. The van der Waals surface area contributed by atoms with E-state index < -0.39 is 0 Å². The molecule has 1 aromatic carbocycles. The molecule has 3 aromatic rings. The lowest BCUT2D eigenvalue weighted by Crippen LogP contribution is -2.13. The molecule has 0 aliphatic heterocycles. The molecule has 3 rings (SSSR count). The Morgan fingerprint density at radius 1 is 1.38 bits per heavy atom. The van der Waals surface area contributed by atoms with Crippen LogP contribution in [0.5, 0.6) is 0 Å². The Morgan fingerprint density at radius 3 is 2.88 bits per heavy atom. The average Bonchev–Trinajstić information content (AvgIpc) is 2.86. The van der Waals surface area contributed by atoms with Crippen LogP contribution in [0.15, 0.2) is 33.4 Å². The quantitative estimate of drug-likeness (QED) is 0.681. The van der Waals surface area contributed by atoms with Crippen LogP contribution in [0.3, 0.4) is 0 Å². The van der Waals surface area contributed by atoms with E-state index in [2.05, 4.69) is 15.0 Å². The number of hydrogen-bond donors (Lipinski definition) is 2. The maximum absolute atomic E-state index is 12.2. The van der Waals surface area contributed by atoms with Gasteiger partial charge in [-0.3, -0.25) is 9.59 Å². The summed E-state index contributed by atoms with van der Waals surface area (Å²) in [5, 5.41) is 0.501. The smallest absolute Gasteiger partial charge is 0.258 e. The molecule has 0 aliphatic rings. The van der Waals surface area contributed by atoms with Gasteiger partial charge in [-0.15, -0.1) is 11.3 Å². The van der Waals surface area contributed by atoms with E-state index in [1.807, 2.05) is 32.0 Å². The average molecular weight is 360 g/mol. The summed E-state index contributed by atoms with van der Waals surface area (Å²) >= 11 is 2.95. The van der Waals surface area contributed by atoms with Crippen LogP contribution in [0.4, 0.5) is 0 Å². The van der Waals surface area contributed by atoms with E-state index in [4.69, 9.17) is 5.73 Å². The Bertz CT molecular complexity index is 964. The van der Waals surface area contributed by atoms with Crippen LogP contribution in [-0.2, 0) is 11.2 Å². The summed E-state index contributed by atoms with van der Waals surface area (Å²) in [4.78, 5) is 36.0. The maximum atomic E-state index is 12.2. The minimum Gasteiger partial charge on any atom is -0.369 e. The number of H-pyrrole nitrogens is 1. The van der Waals surface area contributed by atoms with Crippen molar-refractivity contribution < 1.29 is 4.79 Å². The molecule has 8 heteroatoms. The molecule has 24 heavy (non-hydrogen) atoms. The van der Waals surface area contributed by atoms with Crippen molar-refractivity contribution >= 4 is 39.9 Å². The van der Waals surface area contributed by atoms with Gasteiger partial charge in [-0.1, -0.05) is 23.9 Å². The van der Waals surface area contributed by atoms with Gasteiger partial charge in [0.05, 0.1) is 28.3 Å². The fourth-order valence-electron chi connectivity index (χ4n) is 2.28. The van der Waals surface area contributed by atoms with Crippen LogP contribution in [0.1, 0.15) is 28.6 Å². The topological polar surface area (TPSA) is 102 Å². The zero-order chi connectivity index (χ0) is 17.3. The SMILES string of the molecule is Cc1nc(S[C@@H](C)c2nc3ccccc3c(=O)[nH]2)sc1CC(N)=O. The van der Waals surface area contributed by atoms with Gasteiger partial charge < -0.3 is 10.7 Å². The van der Waals surface area contributed by atoms with E-state index >= 15 is 0 Å². The summed E-state index contributed by atoms with van der Waals surface area (Å²) in [6, 6.07) is 7.25. The number of aromatic nitrogens is 3. The van der Waals surface area contributed by atoms with Crippen molar-refractivity contribution in [2.45, 2.75) is 29.9 Å². The molecule has 2 heterocycles. The third kappa shape index (κ3) is 3.49. The molecule has 0 spiro atoms. The summed E-state index contributed by atoms with van der Waals surface area (Å²) in [5.41, 5.74) is 6.59. The van der Waals surface area contributed by atoms with Crippen molar-refractivity contribution in [3.63, 3.8) is 0 Å². The number of thioether (sulfide) groups is 1. The van der Waals surface area contributed by atoms with Crippen LogP contribution in [0.25, 0.3) is 10.9 Å². The maximum Gasteiger partial charge on any atom is 0.258 e. The molecule has 3 N–H and O–H groups in total. The number of aromatic amines is 1. The summed E-state index contributed by atoms with van der Waals surface area (Å²) < 4.78 is 0.826. The number of nitrogens with two attached hydrogens (primary N) is 1. The summed E-state index contributed by atoms with van der Waals surface area (Å²) in [6.07, 6.45) is 0.198. The normalized spacial score (nSPS) is 12.4. The minimum absolute atomic E-state index is 0.0747. The molecule has 2 aromatic heterocycles. The molecule has 0 saturated carbocycles. The molecule has 6 nitrogen and oxygen atoms in total. The number of hydrogen-bond acceptors (Lipinski definition) is 6. The molecule has 1 atom stereocenters. The van der Waals surface area contributed by atoms with Crippen LogP contribution in [0, 0.1) is 6.92 Å². The van der Waals surface area contributed by atoms with Gasteiger partial charge in [-0.05, 0) is 26.0 Å². The number of nitrogens with one attached hydrogen (secondary N) is 1. The molecule has 124 valence electrons. The zero-order valence-corrected chi connectivity index (χ0v) is 14.8. The standard InChI is InChI=1S/C16H16N4O2S2/c1-8-12(7-13(17)21)24-16(18-8)23-9(2)14-19-11-6-4-3-5-10(11)15(22)20-14/h3-6,9H,7H2,1-2H3,(H2,17,21)(H,19,20,22)/t9-/m0/s1. The second-order valence-electron chi connectivity index (χ2n) is 5.36. The van der Waals surface area contributed by atoms with Gasteiger partial charge in [-0.25, -0.2) is 9.97 Å². The Labute approximate surface area is 146 Å². The van der Waals surface area contributed by atoms with Crippen LogP contribution >= 0.6 is 23.1 Å². The lowest BCUT2D eigenvalue weighted by molar-refractivity contribution is -0.117. The molecular formula is C16H16N4O2S2. The lowest BCUT2D eigenvalue weighted by atomic mass is 10.2. The van der Waals surface area contributed by atoms with Gasteiger partial charge in [0.15, 0.2) is 4.34 Å². The molecular weight excluding hydrogens is 344 g/mol. The molecule has 0 saturated heterocycles. The van der Waals surface area contributed by atoms with E-state index in [1.165, 1.54) is 23.1 Å². The monoisotopic (exact) mass is 360 g/mol. The summed E-state index contributed by atoms with van der Waals surface area (Å²) in [6.45, 7) is 3.82. The number of carbonyl (C=O) groups excluding carboxylic acids is 1. The van der Waals surface area contributed by atoms with Crippen molar-refractivity contribution in [1.29, 1.82) is 0 Å². The van der Waals surface area contributed by atoms with Gasteiger partial charge >= 0.3 is 0 Å². The minimum atomic E-state index is -0.369. The first-order valence-corrected chi connectivity index (χ1v) is 9.04. The predicted octanol–water partition coefficient (Wildman–Crippen LogP) is 2.57. The van der Waals surface area contributed by atoms with E-state index in [9.17, 15) is 9.59 Å². The van der Waals surface area contributed by atoms with E-state index in [0.717, 1.165) is 14.9 Å². The molecule has 0 aliphatic carbocycles. The van der Waals surface area contributed by atoms with Gasteiger partial charge in [0.1, 0.15) is 5.82 Å². The van der Waals surface area contributed by atoms with Crippen LogP contribution in [0.2, 0.25) is 0 Å². The number of carbonyl (C=O) groups is 1. The van der Waals surface area contributed by atoms with E-state index in [0.29, 0.717) is 16.7 Å². The van der Waals surface area contributed by atoms with Crippen molar-refractivity contribution in [3.8, 4) is 0 Å². The fourth-order valence-corrected chi connectivity index (χ4v) is 4.72. The van der Waals surface area contributed by atoms with Crippen molar-refractivity contribution in [3.05, 3.63) is 51.0 Å². The Balaban J connectivity index is 1.86. The Kier molecular flexibility index (Phi) is 4.68. The highest BCUT2D eigenvalue weighted by molar-refractivity contribution is 8.01. The van der Waals surface area contributed by atoms with Gasteiger partial charge in [0.25, 0.3) is 5.56 Å². The molecule has 0 fully saturated rings. The number of amides is 1. The van der Waals surface area contributed by atoms with Crippen molar-refractivity contribution in [1.82, 2.24) is 15.0 Å².